The van der Waals surface area contributed by atoms with Gasteiger partial charge < -0.3 is 5.11 Å². The highest BCUT2D eigenvalue weighted by Gasteiger charge is 2.28. The summed E-state index contributed by atoms with van der Waals surface area (Å²) in [6.07, 6.45) is 1.42. The Kier molecular flexibility index (Phi) is 3.98. The van der Waals surface area contributed by atoms with Gasteiger partial charge in [-0.2, -0.15) is 0 Å². The SMILES string of the molecule is O=C(O)CN1CCC(C(=O)c2nc3ccccc3s2)CC1. The number of carbonyl (C=O) groups excluding carboxylic acids is 1. The molecule has 1 saturated heterocycles. The summed E-state index contributed by atoms with van der Waals surface area (Å²) in [7, 11) is 0. The third-order valence-electron chi connectivity index (χ3n) is 3.82. The second-order valence-electron chi connectivity index (χ2n) is 5.30. The molecule has 1 aromatic carbocycles. The first-order chi connectivity index (χ1) is 10.1. The van der Waals surface area contributed by atoms with Crippen LogP contribution in [-0.4, -0.2) is 46.4 Å². The summed E-state index contributed by atoms with van der Waals surface area (Å²) in [4.78, 5) is 29.5. The fraction of sp³-hybridized carbons (Fsp3) is 0.400. The van der Waals surface area contributed by atoms with Crippen molar-refractivity contribution in [1.82, 2.24) is 9.88 Å². The Balaban J connectivity index is 1.67. The number of aromatic nitrogens is 1. The molecule has 3 rings (SSSR count). The van der Waals surface area contributed by atoms with E-state index >= 15 is 0 Å². The van der Waals surface area contributed by atoms with Gasteiger partial charge in [0.1, 0.15) is 0 Å². The maximum atomic E-state index is 12.5. The number of benzene rings is 1. The Labute approximate surface area is 126 Å². The molecule has 0 unspecified atom stereocenters. The van der Waals surface area contributed by atoms with Crippen molar-refractivity contribution in [3.05, 3.63) is 29.3 Å². The Morgan fingerprint density at radius 1 is 1.29 bits per heavy atom. The number of hydrogen-bond acceptors (Lipinski definition) is 5. The molecule has 0 bridgehead atoms. The number of para-hydroxylation sites is 1. The van der Waals surface area contributed by atoms with E-state index < -0.39 is 5.97 Å². The lowest BCUT2D eigenvalue weighted by Gasteiger charge is -2.29. The molecule has 21 heavy (non-hydrogen) atoms. The summed E-state index contributed by atoms with van der Waals surface area (Å²) >= 11 is 1.44. The zero-order valence-corrected chi connectivity index (χ0v) is 12.3. The molecule has 1 fully saturated rings. The second-order valence-corrected chi connectivity index (χ2v) is 6.33. The van der Waals surface area contributed by atoms with Gasteiger partial charge in [0.05, 0.1) is 16.8 Å². The number of rotatable bonds is 4. The number of aliphatic carboxylic acids is 1. The largest absolute Gasteiger partial charge is 0.480 e. The van der Waals surface area contributed by atoms with Crippen molar-refractivity contribution >= 4 is 33.3 Å². The van der Waals surface area contributed by atoms with Crippen LogP contribution in [-0.2, 0) is 4.79 Å². The smallest absolute Gasteiger partial charge is 0.317 e. The van der Waals surface area contributed by atoms with Crippen LogP contribution in [0, 0.1) is 5.92 Å². The number of likely N-dealkylation sites (tertiary alicyclic amines) is 1. The molecule has 0 saturated carbocycles. The van der Waals surface area contributed by atoms with Gasteiger partial charge >= 0.3 is 5.97 Å². The zero-order valence-electron chi connectivity index (χ0n) is 11.5. The summed E-state index contributed by atoms with van der Waals surface area (Å²) in [5.41, 5.74) is 0.870. The van der Waals surface area contributed by atoms with Crippen LogP contribution < -0.4 is 0 Å². The first kappa shape index (κ1) is 14.2. The third-order valence-corrected chi connectivity index (χ3v) is 4.87. The molecular formula is C15H16N2O3S. The van der Waals surface area contributed by atoms with E-state index in [0.29, 0.717) is 30.9 Å². The van der Waals surface area contributed by atoms with E-state index in [4.69, 9.17) is 5.11 Å². The van der Waals surface area contributed by atoms with Crippen molar-refractivity contribution in [3.63, 3.8) is 0 Å². The van der Waals surface area contributed by atoms with E-state index in [1.165, 1.54) is 11.3 Å². The first-order valence-electron chi connectivity index (χ1n) is 6.97. The van der Waals surface area contributed by atoms with Crippen molar-refractivity contribution in [2.75, 3.05) is 19.6 Å². The van der Waals surface area contributed by atoms with Gasteiger partial charge in [-0.25, -0.2) is 4.98 Å². The number of carboxylic acids is 1. The van der Waals surface area contributed by atoms with Gasteiger partial charge in [0.25, 0.3) is 0 Å². The van der Waals surface area contributed by atoms with Crippen molar-refractivity contribution in [2.45, 2.75) is 12.8 Å². The van der Waals surface area contributed by atoms with Crippen LogP contribution in [0.3, 0.4) is 0 Å². The molecule has 110 valence electrons. The van der Waals surface area contributed by atoms with Gasteiger partial charge in [-0.1, -0.05) is 12.1 Å². The minimum atomic E-state index is -0.814. The number of carbonyl (C=O) groups is 2. The summed E-state index contributed by atoms with van der Waals surface area (Å²) in [5.74, 6) is -0.743. The van der Waals surface area contributed by atoms with E-state index in [0.717, 1.165) is 10.2 Å². The predicted octanol–water partition coefficient (Wildman–Crippen LogP) is 2.28. The monoisotopic (exact) mass is 304 g/mol. The summed E-state index contributed by atoms with van der Waals surface area (Å²) in [5, 5.41) is 9.36. The van der Waals surface area contributed by atoms with Crippen LogP contribution >= 0.6 is 11.3 Å². The molecular weight excluding hydrogens is 288 g/mol. The van der Waals surface area contributed by atoms with Crippen LogP contribution in [0.4, 0.5) is 0 Å². The summed E-state index contributed by atoms with van der Waals surface area (Å²) < 4.78 is 1.03. The number of thiazole rings is 1. The molecule has 1 aliphatic rings. The molecule has 5 nitrogen and oxygen atoms in total. The lowest BCUT2D eigenvalue weighted by atomic mass is 9.93. The van der Waals surface area contributed by atoms with Crippen molar-refractivity contribution in [3.8, 4) is 0 Å². The van der Waals surface area contributed by atoms with Crippen LogP contribution in [0.1, 0.15) is 22.6 Å². The third kappa shape index (κ3) is 3.11. The molecule has 2 aromatic rings. The molecule has 2 heterocycles. The van der Waals surface area contributed by atoms with E-state index in [-0.39, 0.29) is 18.2 Å². The lowest BCUT2D eigenvalue weighted by molar-refractivity contribution is -0.138. The molecule has 1 aliphatic heterocycles. The van der Waals surface area contributed by atoms with Gasteiger partial charge in [-0.15, -0.1) is 11.3 Å². The number of ketones is 1. The Bertz CT molecular complexity index is 641. The molecule has 0 spiro atoms. The van der Waals surface area contributed by atoms with Crippen molar-refractivity contribution in [2.24, 2.45) is 5.92 Å². The Hall–Kier alpha value is -1.79. The second kappa shape index (κ2) is 5.91. The van der Waals surface area contributed by atoms with Crippen LogP contribution in [0.2, 0.25) is 0 Å². The summed E-state index contributed by atoms with van der Waals surface area (Å²) in [6, 6.07) is 7.75. The van der Waals surface area contributed by atoms with Gasteiger partial charge in [-0.3, -0.25) is 14.5 Å². The highest BCUT2D eigenvalue weighted by atomic mass is 32.1. The number of nitrogens with zero attached hydrogens (tertiary/aromatic N) is 2. The average molecular weight is 304 g/mol. The predicted molar refractivity (Wildman–Crippen MR) is 80.8 cm³/mol. The molecule has 0 atom stereocenters. The molecule has 0 radical (unpaired) electrons. The van der Waals surface area contributed by atoms with Gasteiger partial charge in [-0.05, 0) is 38.1 Å². The maximum absolute atomic E-state index is 12.5. The number of fused-ring (bicyclic) bond motifs is 1. The van der Waals surface area contributed by atoms with E-state index in [1.807, 2.05) is 29.2 Å². The number of piperidine rings is 1. The first-order valence-corrected chi connectivity index (χ1v) is 7.79. The topological polar surface area (TPSA) is 70.5 Å². The Morgan fingerprint density at radius 2 is 2.00 bits per heavy atom. The van der Waals surface area contributed by atoms with Gasteiger partial charge in [0.15, 0.2) is 10.8 Å². The van der Waals surface area contributed by atoms with E-state index in [1.54, 1.807) is 0 Å². The molecule has 1 aromatic heterocycles. The average Bonchev–Trinajstić information content (AvgIpc) is 2.90. The van der Waals surface area contributed by atoms with Crippen molar-refractivity contribution < 1.29 is 14.7 Å². The van der Waals surface area contributed by atoms with E-state index in [9.17, 15) is 9.59 Å². The minimum Gasteiger partial charge on any atom is -0.480 e. The molecule has 1 N–H and O–H groups in total. The normalized spacial score (nSPS) is 17.1. The lowest BCUT2D eigenvalue weighted by Crippen LogP contribution is -2.39. The van der Waals surface area contributed by atoms with E-state index in [2.05, 4.69) is 4.98 Å². The van der Waals surface area contributed by atoms with Crippen LogP contribution in [0.5, 0.6) is 0 Å². The fourth-order valence-corrected chi connectivity index (χ4v) is 3.68. The minimum absolute atomic E-state index is 0.0318. The summed E-state index contributed by atoms with van der Waals surface area (Å²) in [6.45, 7) is 1.38. The maximum Gasteiger partial charge on any atom is 0.317 e. The highest BCUT2D eigenvalue weighted by molar-refractivity contribution is 7.20. The van der Waals surface area contributed by atoms with Gasteiger partial charge in [0.2, 0.25) is 0 Å². The van der Waals surface area contributed by atoms with Crippen LogP contribution in [0.15, 0.2) is 24.3 Å². The quantitative estimate of drug-likeness (QED) is 0.877. The molecule has 6 heteroatoms. The standard InChI is InChI=1S/C15H16N2O3S/c18-13(19)9-17-7-5-10(6-8-17)14(20)15-16-11-3-1-2-4-12(11)21-15/h1-4,10H,5-9H2,(H,18,19). The number of carboxylic acid groups (broad SMARTS) is 1. The molecule has 0 amide bonds. The number of Topliss-reactive ketones (excluding diaryl/α,β-unsaturated/α-hetero) is 1. The van der Waals surface area contributed by atoms with Crippen LogP contribution in [0.25, 0.3) is 10.2 Å². The fourth-order valence-electron chi connectivity index (χ4n) is 2.70. The zero-order chi connectivity index (χ0) is 14.8. The van der Waals surface area contributed by atoms with Gasteiger partial charge in [0, 0.05) is 5.92 Å². The Morgan fingerprint density at radius 3 is 2.67 bits per heavy atom. The molecule has 0 aliphatic carbocycles. The van der Waals surface area contributed by atoms with Crippen molar-refractivity contribution in [1.29, 1.82) is 0 Å². The number of hydrogen-bond donors (Lipinski definition) is 1. The highest BCUT2D eigenvalue weighted by Crippen LogP contribution is 2.27.